The van der Waals surface area contributed by atoms with Gasteiger partial charge in [-0.1, -0.05) is 39.8 Å². The van der Waals surface area contributed by atoms with Crippen molar-refractivity contribution >= 4 is 23.4 Å². The van der Waals surface area contributed by atoms with E-state index >= 15 is 0 Å². The Kier molecular flexibility index (Phi) is 5.32. The summed E-state index contributed by atoms with van der Waals surface area (Å²) in [6.45, 7) is 3.24. The molecule has 18 heavy (non-hydrogen) atoms. The fraction of sp³-hybridized carbons (Fsp3) is 0.250. The van der Waals surface area contributed by atoms with Crippen LogP contribution in [0.4, 0.5) is 0 Å². The van der Waals surface area contributed by atoms with Crippen LogP contribution in [0, 0.1) is 5.21 Å². The molecule has 5 nitrogen and oxygen atoms in total. The quantitative estimate of drug-likeness (QED) is 0.298. The van der Waals surface area contributed by atoms with Crippen molar-refractivity contribution in [1.29, 1.82) is 0 Å². The Labute approximate surface area is 110 Å². The van der Waals surface area contributed by atoms with Gasteiger partial charge in [0.2, 0.25) is 6.20 Å². The number of hydrogen-bond acceptors (Lipinski definition) is 4. The van der Waals surface area contributed by atoms with Crippen molar-refractivity contribution in [1.82, 2.24) is 0 Å². The SMILES string of the molecule is CC(=NO)C(C)N=[N+]([O-])C=Cc1ccccc1Cl. The van der Waals surface area contributed by atoms with E-state index in [1.54, 1.807) is 32.1 Å². The fourth-order valence-corrected chi connectivity index (χ4v) is 1.33. The van der Waals surface area contributed by atoms with Crippen molar-refractivity contribution < 1.29 is 10.1 Å². The lowest BCUT2D eigenvalue weighted by atomic mass is 10.2. The van der Waals surface area contributed by atoms with Gasteiger partial charge in [0.15, 0.2) is 6.04 Å². The van der Waals surface area contributed by atoms with Crippen molar-refractivity contribution in [2.24, 2.45) is 10.3 Å². The predicted molar refractivity (Wildman–Crippen MR) is 70.9 cm³/mol. The highest BCUT2D eigenvalue weighted by Gasteiger charge is 2.08. The summed E-state index contributed by atoms with van der Waals surface area (Å²) in [5, 5.41) is 27.3. The number of hydroxylamine groups is 1. The van der Waals surface area contributed by atoms with Gasteiger partial charge in [-0.05, 0) is 30.6 Å². The minimum Gasteiger partial charge on any atom is -0.595 e. The molecule has 1 aromatic carbocycles. The maximum Gasteiger partial charge on any atom is 0.210 e. The maximum atomic E-state index is 11.4. The van der Waals surface area contributed by atoms with Gasteiger partial charge in [-0.25, -0.2) is 0 Å². The molecular formula is C12H14ClN3O2. The summed E-state index contributed by atoms with van der Waals surface area (Å²) < 4.78 is 0. The third-order valence-electron chi connectivity index (χ3n) is 2.34. The van der Waals surface area contributed by atoms with Crippen molar-refractivity contribution in [3.05, 3.63) is 46.3 Å². The van der Waals surface area contributed by atoms with Gasteiger partial charge in [-0.2, -0.15) is 0 Å². The van der Waals surface area contributed by atoms with E-state index in [1.807, 2.05) is 12.1 Å². The molecule has 0 fully saturated rings. The first-order chi connectivity index (χ1) is 8.54. The topological polar surface area (TPSA) is 71.0 Å². The zero-order chi connectivity index (χ0) is 13.5. The van der Waals surface area contributed by atoms with Crippen LogP contribution in [0.5, 0.6) is 0 Å². The summed E-state index contributed by atoms with van der Waals surface area (Å²) >= 11 is 5.93. The van der Waals surface area contributed by atoms with E-state index in [1.165, 1.54) is 6.20 Å². The molecule has 0 aliphatic rings. The Bertz CT molecular complexity index is 498. The lowest BCUT2D eigenvalue weighted by molar-refractivity contribution is -0.459. The van der Waals surface area contributed by atoms with Crippen molar-refractivity contribution in [2.75, 3.05) is 0 Å². The second-order valence-corrected chi connectivity index (χ2v) is 4.08. The van der Waals surface area contributed by atoms with Crippen LogP contribution in [0.2, 0.25) is 5.02 Å². The highest BCUT2D eigenvalue weighted by atomic mass is 35.5. The molecular weight excluding hydrogens is 254 g/mol. The first kappa shape index (κ1) is 14.2. The molecule has 0 aromatic heterocycles. The van der Waals surface area contributed by atoms with E-state index in [2.05, 4.69) is 10.3 Å². The molecule has 0 radical (unpaired) electrons. The lowest BCUT2D eigenvalue weighted by Gasteiger charge is -2.01. The van der Waals surface area contributed by atoms with Gasteiger partial charge in [0, 0.05) is 11.1 Å². The number of azo groups is 1. The fourth-order valence-electron chi connectivity index (χ4n) is 1.13. The number of nitrogens with zero attached hydrogens (tertiary/aromatic N) is 3. The molecule has 1 atom stereocenters. The Morgan fingerprint density at radius 3 is 2.78 bits per heavy atom. The first-order valence-corrected chi connectivity index (χ1v) is 5.70. The second kappa shape index (κ2) is 6.76. The van der Waals surface area contributed by atoms with Gasteiger partial charge >= 0.3 is 0 Å². The maximum absolute atomic E-state index is 11.4. The number of halogens is 1. The van der Waals surface area contributed by atoms with Crippen LogP contribution in [-0.2, 0) is 0 Å². The van der Waals surface area contributed by atoms with Crippen LogP contribution in [-0.4, -0.2) is 21.8 Å². The molecule has 0 spiro atoms. The van der Waals surface area contributed by atoms with Crippen molar-refractivity contribution in [3.8, 4) is 0 Å². The summed E-state index contributed by atoms with van der Waals surface area (Å²) in [7, 11) is 0. The second-order valence-electron chi connectivity index (χ2n) is 3.67. The molecule has 0 aliphatic carbocycles. The van der Waals surface area contributed by atoms with Crippen LogP contribution in [0.15, 0.2) is 40.7 Å². The van der Waals surface area contributed by atoms with Crippen molar-refractivity contribution in [3.63, 3.8) is 0 Å². The molecule has 1 unspecified atom stereocenters. The molecule has 6 heteroatoms. The summed E-state index contributed by atoms with van der Waals surface area (Å²) in [4.78, 5) is 0.419. The molecule has 0 aliphatic heterocycles. The lowest BCUT2D eigenvalue weighted by Crippen LogP contribution is -2.12. The molecule has 1 rings (SSSR count). The minimum atomic E-state index is -0.483. The minimum absolute atomic E-state index is 0.363. The van der Waals surface area contributed by atoms with Gasteiger partial charge in [0.05, 0.1) is 5.71 Å². The Hall–Kier alpha value is -1.88. The van der Waals surface area contributed by atoms with Gasteiger partial charge in [-0.3, -0.25) is 0 Å². The largest absolute Gasteiger partial charge is 0.595 e. The molecule has 0 amide bonds. The van der Waals surface area contributed by atoms with Crippen molar-refractivity contribution in [2.45, 2.75) is 19.9 Å². The Balaban J connectivity index is 2.79. The normalized spacial score (nSPS) is 15.1. The molecule has 0 heterocycles. The van der Waals surface area contributed by atoms with Gasteiger partial charge in [0.1, 0.15) is 0 Å². The Morgan fingerprint density at radius 1 is 1.50 bits per heavy atom. The predicted octanol–water partition coefficient (Wildman–Crippen LogP) is 3.51. The summed E-state index contributed by atoms with van der Waals surface area (Å²) in [5.41, 5.74) is 1.09. The average molecular weight is 268 g/mol. The van der Waals surface area contributed by atoms with E-state index in [-0.39, 0.29) is 0 Å². The number of oxime groups is 1. The van der Waals surface area contributed by atoms with Crippen LogP contribution >= 0.6 is 11.6 Å². The zero-order valence-electron chi connectivity index (χ0n) is 10.1. The molecule has 0 saturated heterocycles. The van der Waals surface area contributed by atoms with Crippen LogP contribution in [0.25, 0.3) is 6.08 Å². The third-order valence-corrected chi connectivity index (χ3v) is 2.68. The molecule has 96 valence electrons. The summed E-state index contributed by atoms with van der Waals surface area (Å²) in [5.74, 6) is 0. The van der Waals surface area contributed by atoms with Crippen LogP contribution in [0.1, 0.15) is 19.4 Å². The average Bonchev–Trinajstić information content (AvgIpc) is 2.36. The number of hydrogen-bond donors (Lipinski definition) is 1. The highest BCUT2D eigenvalue weighted by Crippen LogP contribution is 2.16. The van der Waals surface area contributed by atoms with Gasteiger partial charge in [0.25, 0.3) is 0 Å². The zero-order valence-corrected chi connectivity index (χ0v) is 10.9. The number of rotatable bonds is 4. The van der Waals surface area contributed by atoms with E-state index in [0.29, 0.717) is 15.6 Å². The molecule has 1 N–H and O–H groups in total. The molecule has 0 bridgehead atoms. The van der Waals surface area contributed by atoms with Gasteiger partial charge in [-0.15, -0.1) is 0 Å². The standard InChI is InChI=1S/C12H14ClN3O2/c1-9(10(2)15-17)14-16(18)8-7-11-5-3-4-6-12(11)13/h3-9,17H,1-2H3. The van der Waals surface area contributed by atoms with E-state index in [0.717, 1.165) is 5.56 Å². The molecule has 0 saturated carbocycles. The third kappa shape index (κ3) is 4.18. The van der Waals surface area contributed by atoms with Gasteiger partial charge < -0.3 is 10.4 Å². The summed E-state index contributed by atoms with van der Waals surface area (Å²) in [6.07, 6.45) is 2.82. The van der Waals surface area contributed by atoms with Crippen LogP contribution < -0.4 is 0 Å². The van der Waals surface area contributed by atoms with E-state index < -0.39 is 6.04 Å². The monoisotopic (exact) mass is 267 g/mol. The number of benzene rings is 1. The smallest absolute Gasteiger partial charge is 0.210 e. The summed E-state index contributed by atoms with van der Waals surface area (Å²) in [6, 6.07) is 6.67. The Morgan fingerprint density at radius 2 is 2.17 bits per heavy atom. The highest BCUT2D eigenvalue weighted by molar-refractivity contribution is 6.32. The first-order valence-electron chi connectivity index (χ1n) is 5.33. The molecule has 1 aromatic rings. The van der Waals surface area contributed by atoms with Crippen LogP contribution in [0.3, 0.4) is 0 Å². The van der Waals surface area contributed by atoms with E-state index in [4.69, 9.17) is 16.8 Å². The van der Waals surface area contributed by atoms with E-state index in [9.17, 15) is 5.21 Å².